The van der Waals surface area contributed by atoms with Crippen LogP contribution in [0.15, 0.2) is 29.0 Å². The third-order valence-corrected chi connectivity index (χ3v) is 3.86. The third kappa shape index (κ3) is 3.49. The molecule has 136 valence electrons. The quantitative estimate of drug-likeness (QED) is 0.861. The van der Waals surface area contributed by atoms with Crippen LogP contribution in [0.3, 0.4) is 0 Å². The van der Waals surface area contributed by atoms with Gasteiger partial charge < -0.3 is 15.1 Å². The van der Waals surface area contributed by atoms with E-state index in [2.05, 4.69) is 15.7 Å². The van der Waals surface area contributed by atoms with E-state index in [-0.39, 0.29) is 17.8 Å². The number of amides is 1. The molecule has 0 unspecified atom stereocenters. The maximum atomic E-state index is 13.5. The van der Waals surface area contributed by atoms with Gasteiger partial charge in [-0.05, 0) is 32.9 Å². The number of nitrogens with one attached hydrogen (secondary N) is 2. The Hall–Kier alpha value is -2.45. The summed E-state index contributed by atoms with van der Waals surface area (Å²) in [4.78, 5) is 12.4. The van der Waals surface area contributed by atoms with Crippen LogP contribution in [-0.4, -0.2) is 27.4 Å². The maximum absolute atomic E-state index is 13.5. The summed E-state index contributed by atoms with van der Waals surface area (Å²) in [6.07, 6.45) is -2.21. The van der Waals surface area contributed by atoms with Gasteiger partial charge in [-0.3, -0.25) is 4.79 Å². The van der Waals surface area contributed by atoms with Crippen LogP contribution in [0.2, 0.25) is 0 Å². The summed E-state index contributed by atoms with van der Waals surface area (Å²) in [5.41, 5.74) is -0.454. The minimum absolute atomic E-state index is 0.0386. The van der Waals surface area contributed by atoms with Crippen molar-refractivity contribution in [3.8, 4) is 0 Å². The number of alkyl halides is 3. The van der Waals surface area contributed by atoms with Crippen LogP contribution in [0.25, 0.3) is 0 Å². The number of halogens is 3. The van der Waals surface area contributed by atoms with Crippen LogP contribution in [0.5, 0.6) is 0 Å². The van der Waals surface area contributed by atoms with Gasteiger partial charge in [-0.2, -0.15) is 18.3 Å². The molecule has 1 aliphatic heterocycles. The van der Waals surface area contributed by atoms with Crippen molar-refractivity contribution < 1.29 is 22.4 Å². The van der Waals surface area contributed by atoms with Gasteiger partial charge in [0.2, 0.25) is 0 Å². The number of nitrogens with zero attached hydrogens (tertiary/aromatic N) is 2. The van der Waals surface area contributed by atoms with Crippen LogP contribution in [0, 0.1) is 0 Å². The summed E-state index contributed by atoms with van der Waals surface area (Å²) in [6.45, 7) is 5.37. The first-order valence-electron chi connectivity index (χ1n) is 7.83. The number of aromatic nitrogens is 2. The zero-order valence-electron chi connectivity index (χ0n) is 14.0. The molecular formula is C16H19F3N4O2. The number of rotatable bonds is 2. The summed E-state index contributed by atoms with van der Waals surface area (Å²) < 4.78 is 46.6. The van der Waals surface area contributed by atoms with Crippen molar-refractivity contribution in [3.63, 3.8) is 0 Å². The Bertz CT molecular complexity index is 759. The van der Waals surface area contributed by atoms with Crippen LogP contribution < -0.4 is 10.6 Å². The van der Waals surface area contributed by atoms with Gasteiger partial charge in [0.1, 0.15) is 17.1 Å². The minimum atomic E-state index is -4.49. The summed E-state index contributed by atoms with van der Waals surface area (Å²) in [5.74, 6) is -0.0668. The lowest BCUT2D eigenvalue weighted by Gasteiger charge is -2.33. The molecule has 2 aromatic heterocycles. The number of hydrogen-bond acceptors (Lipinski definition) is 4. The Balaban J connectivity index is 2.00. The second-order valence-electron chi connectivity index (χ2n) is 7.06. The fraction of sp³-hybridized carbons (Fsp3) is 0.500. The molecule has 0 aliphatic carbocycles. The summed E-state index contributed by atoms with van der Waals surface area (Å²) in [5, 5.41) is 9.51. The number of furan rings is 1. The zero-order valence-corrected chi connectivity index (χ0v) is 14.0. The number of anilines is 1. The van der Waals surface area contributed by atoms with Crippen LogP contribution >= 0.6 is 0 Å². The van der Waals surface area contributed by atoms with Gasteiger partial charge in [0, 0.05) is 12.0 Å². The maximum Gasteiger partial charge on any atom is 0.410 e. The van der Waals surface area contributed by atoms with Gasteiger partial charge in [0.25, 0.3) is 5.91 Å². The molecular weight excluding hydrogens is 337 g/mol. The second-order valence-corrected chi connectivity index (χ2v) is 7.06. The normalized spacial score (nSPS) is 20.7. The highest BCUT2D eigenvalue weighted by molar-refractivity contribution is 5.99. The fourth-order valence-corrected chi connectivity index (χ4v) is 2.81. The molecule has 0 saturated carbocycles. The van der Waals surface area contributed by atoms with E-state index < -0.39 is 29.7 Å². The van der Waals surface area contributed by atoms with Crippen molar-refractivity contribution in [2.24, 2.45) is 0 Å². The minimum Gasteiger partial charge on any atom is -0.467 e. The van der Waals surface area contributed by atoms with E-state index in [1.54, 1.807) is 32.9 Å². The van der Waals surface area contributed by atoms with Crippen LogP contribution in [0.4, 0.5) is 19.0 Å². The lowest BCUT2D eigenvalue weighted by atomic mass is 10.0. The molecule has 0 radical (unpaired) electrons. The molecule has 2 N–H and O–H groups in total. The van der Waals surface area contributed by atoms with Gasteiger partial charge in [-0.1, -0.05) is 0 Å². The Kier molecular flexibility index (Phi) is 4.04. The van der Waals surface area contributed by atoms with Crippen molar-refractivity contribution in [1.29, 1.82) is 0 Å². The monoisotopic (exact) mass is 356 g/mol. The molecule has 0 spiro atoms. The first kappa shape index (κ1) is 17.4. The molecule has 0 saturated heterocycles. The first-order valence-corrected chi connectivity index (χ1v) is 7.83. The molecule has 3 rings (SSSR count). The van der Waals surface area contributed by atoms with Gasteiger partial charge in [-0.25, -0.2) is 4.68 Å². The molecule has 6 nitrogen and oxygen atoms in total. The van der Waals surface area contributed by atoms with E-state index in [1.165, 1.54) is 6.26 Å². The molecule has 1 amide bonds. The molecule has 1 aliphatic rings. The third-order valence-electron chi connectivity index (χ3n) is 3.86. The van der Waals surface area contributed by atoms with Crippen LogP contribution in [-0.2, 0) is 0 Å². The lowest BCUT2D eigenvalue weighted by molar-refractivity contribution is -0.174. The highest BCUT2D eigenvalue weighted by atomic mass is 19.4. The predicted molar refractivity (Wildman–Crippen MR) is 84.2 cm³/mol. The molecule has 25 heavy (non-hydrogen) atoms. The molecule has 0 bridgehead atoms. The van der Waals surface area contributed by atoms with E-state index >= 15 is 0 Å². The summed E-state index contributed by atoms with van der Waals surface area (Å²) in [7, 11) is 0. The molecule has 2 aromatic rings. The number of carbonyl (C=O) groups is 1. The van der Waals surface area contributed by atoms with Crippen molar-refractivity contribution in [2.75, 3.05) is 5.32 Å². The largest absolute Gasteiger partial charge is 0.467 e. The van der Waals surface area contributed by atoms with Crippen molar-refractivity contribution in [3.05, 3.63) is 35.9 Å². The predicted octanol–water partition coefficient (Wildman–Crippen LogP) is 3.66. The van der Waals surface area contributed by atoms with E-state index in [0.717, 1.165) is 10.9 Å². The smallest absolute Gasteiger partial charge is 0.410 e. The van der Waals surface area contributed by atoms with Gasteiger partial charge in [-0.15, -0.1) is 0 Å². The van der Waals surface area contributed by atoms with E-state index in [0.29, 0.717) is 5.76 Å². The molecule has 3 heterocycles. The van der Waals surface area contributed by atoms with Crippen molar-refractivity contribution >= 4 is 11.7 Å². The average Bonchev–Trinajstić information content (AvgIpc) is 3.12. The summed E-state index contributed by atoms with van der Waals surface area (Å²) in [6, 6.07) is 0.673. The standard InChI is InChI=1S/C16H19F3N4O2/c1-15(2,3)22-14(24)9-8-20-23-12(16(17,18)19)7-10(21-13(9)23)11-5-4-6-25-11/h4-6,8,10,12,21H,7H2,1-3H3,(H,22,24)/t10-,12-/m1/s1. The molecule has 2 atom stereocenters. The zero-order chi connectivity index (χ0) is 18.4. The first-order chi connectivity index (χ1) is 11.6. The van der Waals surface area contributed by atoms with E-state index in [1.807, 2.05) is 0 Å². The van der Waals surface area contributed by atoms with Gasteiger partial charge in [0.05, 0.1) is 18.5 Å². The van der Waals surface area contributed by atoms with E-state index in [4.69, 9.17) is 4.42 Å². The van der Waals surface area contributed by atoms with Gasteiger partial charge >= 0.3 is 6.18 Å². The summed E-state index contributed by atoms with van der Waals surface area (Å²) >= 11 is 0. The number of carbonyl (C=O) groups excluding carboxylic acids is 1. The highest BCUT2D eigenvalue weighted by Crippen LogP contribution is 2.44. The number of hydrogen-bond donors (Lipinski definition) is 2. The van der Waals surface area contributed by atoms with Crippen LogP contribution in [0.1, 0.15) is 55.4 Å². The topological polar surface area (TPSA) is 72.1 Å². The Morgan fingerprint density at radius 3 is 2.68 bits per heavy atom. The Morgan fingerprint density at radius 1 is 1.40 bits per heavy atom. The lowest BCUT2D eigenvalue weighted by Crippen LogP contribution is -2.41. The molecule has 0 aromatic carbocycles. The molecule has 0 fully saturated rings. The van der Waals surface area contributed by atoms with E-state index in [9.17, 15) is 18.0 Å². The SMILES string of the molecule is CC(C)(C)NC(=O)c1cnn2c1N[C@@H](c1ccco1)C[C@@H]2C(F)(F)F. The Morgan fingerprint density at radius 2 is 2.12 bits per heavy atom. The van der Waals surface area contributed by atoms with Crippen molar-refractivity contribution in [2.45, 2.75) is 51.0 Å². The highest BCUT2D eigenvalue weighted by Gasteiger charge is 2.47. The Labute approximate surface area is 142 Å². The number of fused-ring (bicyclic) bond motifs is 1. The fourth-order valence-electron chi connectivity index (χ4n) is 2.81. The van der Waals surface area contributed by atoms with Crippen molar-refractivity contribution in [1.82, 2.24) is 15.1 Å². The average molecular weight is 356 g/mol. The molecule has 9 heteroatoms. The van der Waals surface area contributed by atoms with Gasteiger partial charge in [0.15, 0.2) is 6.04 Å². The second kappa shape index (κ2) is 5.82.